The van der Waals surface area contributed by atoms with Crippen molar-refractivity contribution < 1.29 is 0 Å². The highest BCUT2D eigenvalue weighted by Crippen LogP contribution is 2.36. The fraction of sp³-hybridized carbons (Fsp3) is 0.600. The second-order valence-corrected chi connectivity index (χ2v) is 7.39. The van der Waals surface area contributed by atoms with Crippen molar-refractivity contribution in [2.45, 2.75) is 50.3 Å². The van der Waals surface area contributed by atoms with E-state index in [4.69, 9.17) is 0 Å². The summed E-state index contributed by atoms with van der Waals surface area (Å²) in [6.07, 6.45) is 1.21. The van der Waals surface area contributed by atoms with Crippen LogP contribution < -0.4 is 5.32 Å². The van der Waals surface area contributed by atoms with Gasteiger partial charge in [0.1, 0.15) is 0 Å². The minimum atomic E-state index is 0.343. The first kappa shape index (κ1) is 13.0. The molecule has 0 bridgehead atoms. The van der Waals surface area contributed by atoms with Crippen molar-refractivity contribution in [2.75, 3.05) is 6.54 Å². The highest BCUT2D eigenvalue weighted by atomic mass is 32.2. The van der Waals surface area contributed by atoms with Crippen LogP contribution in [-0.2, 0) is 6.42 Å². The predicted octanol–water partition coefficient (Wildman–Crippen LogP) is 3.73. The van der Waals surface area contributed by atoms with Gasteiger partial charge in [-0.15, -0.1) is 11.8 Å². The molecule has 0 aliphatic carbocycles. The zero-order valence-corrected chi connectivity index (χ0v) is 12.1. The maximum Gasteiger partial charge on any atom is 0.0260 e. The van der Waals surface area contributed by atoms with E-state index in [1.54, 1.807) is 0 Å². The van der Waals surface area contributed by atoms with Crippen LogP contribution in [0.25, 0.3) is 0 Å². The number of hydrogen-bond acceptors (Lipinski definition) is 2. The molecule has 0 saturated carbocycles. The number of thioether (sulfide) groups is 1. The van der Waals surface area contributed by atoms with Gasteiger partial charge >= 0.3 is 0 Å². The molecule has 94 valence electrons. The maximum atomic E-state index is 3.68. The van der Waals surface area contributed by atoms with E-state index in [1.165, 1.54) is 16.9 Å². The molecule has 0 aromatic heterocycles. The number of rotatable bonds is 3. The van der Waals surface area contributed by atoms with E-state index in [1.807, 2.05) is 11.8 Å². The number of nitrogens with one attached hydrogen (secondary N) is 1. The predicted molar refractivity (Wildman–Crippen MR) is 76.7 cm³/mol. The lowest BCUT2D eigenvalue weighted by molar-refractivity contribution is 0.287. The minimum Gasteiger partial charge on any atom is -0.313 e. The highest BCUT2D eigenvalue weighted by molar-refractivity contribution is 8.00. The molecule has 1 N–H and O–H groups in total. The third-order valence-electron chi connectivity index (χ3n) is 3.66. The van der Waals surface area contributed by atoms with Crippen LogP contribution in [0.15, 0.2) is 29.2 Å². The van der Waals surface area contributed by atoms with Gasteiger partial charge in [0.2, 0.25) is 0 Å². The van der Waals surface area contributed by atoms with Gasteiger partial charge in [0.15, 0.2) is 0 Å². The van der Waals surface area contributed by atoms with E-state index >= 15 is 0 Å². The Morgan fingerprint density at radius 1 is 1.35 bits per heavy atom. The molecule has 17 heavy (non-hydrogen) atoms. The molecule has 1 aromatic rings. The SMILES string of the molecule is CC(NCC1Cc2ccccc2S1)C(C)(C)C. The molecule has 2 rings (SSSR count). The third kappa shape index (κ3) is 3.26. The Morgan fingerprint density at radius 3 is 2.71 bits per heavy atom. The molecule has 2 unspecified atom stereocenters. The van der Waals surface area contributed by atoms with Crippen LogP contribution in [0.2, 0.25) is 0 Å². The fourth-order valence-electron chi connectivity index (χ4n) is 1.98. The Labute approximate surface area is 109 Å². The normalized spacial score (nSPS) is 21.3. The van der Waals surface area contributed by atoms with Gasteiger partial charge in [-0.05, 0) is 30.4 Å². The van der Waals surface area contributed by atoms with Gasteiger partial charge in [-0.3, -0.25) is 0 Å². The Morgan fingerprint density at radius 2 is 2.06 bits per heavy atom. The quantitative estimate of drug-likeness (QED) is 0.876. The summed E-state index contributed by atoms with van der Waals surface area (Å²) in [6, 6.07) is 9.35. The summed E-state index contributed by atoms with van der Waals surface area (Å²) in [6.45, 7) is 10.3. The number of hydrogen-bond donors (Lipinski definition) is 1. The van der Waals surface area contributed by atoms with E-state index in [-0.39, 0.29) is 0 Å². The van der Waals surface area contributed by atoms with Gasteiger partial charge in [0.05, 0.1) is 0 Å². The van der Waals surface area contributed by atoms with Gasteiger partial charge < -0.3 is 5.32 Å². The number of benzene rings is 1. The first-order valence-corrected chi connectivity index (χ1v) is 7.33. The number of fused-ring (bicyclic) bond motifs is 1. The van der Waals surface area contributed by atoms with Gasteiger partial charge in [-0.25, -0.2) is 0 Å². The van der Waals surface area contributed by atoms with Crippen molar-refractivity contribution >= 4 is 11.8 Å². The van der Waals surface area contributed by atoms with Crippen molar-refractivity contribution in [3.8, 4) is 0 Å². The summed E-state index contributed by atoms with van der Waals surface area (Å²) in [4.78, 5) is 1.47. The van der Waals surface area contributed by atoms with E-state index in [9.17, 15) is 0 Å². The van der Waals surface area contributed by atoms with E-state index in [2.05, 4.69) is 57.3 Å². The lowest BCUT2D eigenvalue weighted by atomic mass is 9.88. The first-order chi connectivity index (χ1) is 7.97. The zero-order valence-electron chi connectivity index (χ0n) is 11.3. The summed E-state index contributed by atoms with van der Waals surface area (Å²) in [5.41, 5.74) is 1.86. The molecule has 1 heterocycles. The highest BCUT2D eigenvalue weighted by Gasteiger charge is 2.24. The minimum absolute atomic E-state index is 0.343. The van der Waals surface area contributed by atoms with Crippen LogP contribution in [0.4, 0.5) is 0 Å². The van der Waals surface area contributed by atoms with Crippen LogP contribution in [0.3, 0.4) is 0 Å². The van der Waals surface area contributed by atoms with Crippen LogP contribution in [-0.4, -0.2) is 17.8 Å². The summed E-state index contributed by atoms with van der Waals surface area (Å²) < 4.78 is 0. The van der Waals surface area contributed by atoms with E-state index in [0.29, 0.717) is 16.7 Å². The molecule has 1 aliphatic heterocycles. The van der Waals surface area contributed by atoms with Crippen LogP contribution in [0.1, 0.15) is 33.3 Å². The van der Waals surface area contributed by atoms with Gasteiger partial charge in [-0.1, -0.05) is 39.0 Å². The topological polar surface area (TPSA) is 12.0 Å². The molecule has 2 heteroatoms. The summed E-state index contributed by atoms with van der Waals surface area (Å²) in [7, 11) is 0. The smallest absolute Gasteiger partial charge is 0.0260 e. The Bertz CT molecular complexity index is 356. The maximum absolute atomic E-state index is 3.68. The molecular formula is C15H23NS. The molecule has 2 atom stereocenters. The molecule has 0 saturated heterocycles. The van der Waals surface area contributed by atoms with Crippen LogP contribution >= 0.6 is 11.8 Å². The molecule has 1 aliphatic rings. The largest absolute Gasteiger partial charge is 0.313 e. The molecule has 0 spiro atoms. The summed E-state index contributed by atoms with van der Waals surface area (Å²) in [5, 5.41) is 4.38. The van der Waals surface area contributed by atoms with Crippen LogP contribution in [0, 0.1) is 5.41 Å². The van der Waals surface area contributed by atoms with Gasteiger partial charge in [0, 0.05) is 22.7 Å². The van der Waals surface area contributed by atoms with Gasteiger partial charge in [-0.2, -0.15) is 0 Å². The second kappa shape index (κ2) is 5.03. The van der Waals surface area contributed by atoms with Crippen molar-refractivity contribution in [3.05, 3.63) is 29.8 Å². The van der Waals surface area contributed by atoms with Crippen LogP contribution in [0.5, 0.6) is 0 Å². The molecule has 0 radical (unpaired) electrons. The standard InChI is InChI=1S/C15H23NS/c1-11(15(2,3)4)16-10-13-9-12-7-5-6-8-14(12)17-13/h5-8,11,13,16H,9-10H2,1-4H3. The fourth-order valence-corrected chi connectivity index (χ4v) is 3.24. The Balaban J connectivity index is 1.85. The summed E-state index contributed by atoms with van der Waals surface area (Å²) >= 11 is 2.03. The zero-order chi connectivity index (χ0) is 12.5. The van der Waals surface area contributed by atoms with E-state index in [0.717, 1.165) is 6.54 Å². The lowest BCUT2D eigenvalue weighted by Crippen LogP contribution is -2.40. The Kier molecular flexibility index (Phi) is 3.84. The molecule has 1 nitrogen and oxygen atoms in total. The summed E-state index contributed by atoms with van der Waals surface area (Å²) in [5.74, 6) is 0. The van der Waals surface area contributed by atoms with Crippen molar-refractivity contribution in [1.29, 1.82) is 0 Å². The lowest BCUT2D eigenvalue weighted by Gasteiger charge is -2.29. The molecule has 1 aromatic carbocycles. The molecule has 0 amide bonds. The Hall–Kier alpha value is -0.470. The third-order valence-corrected chi connectivity index (χ3v) is 4.98. The average Bonchev–Trinajstić information content (AvgIpc) is 2.66. The van der Waals surface area contributed by atoms with Crippen molar-refractivity contribution in [3.63, 3.8) is 0 Å². The second-order valence-electron chi connectivity index (χ2n) is 6.05. The van der Waals surface area contributed by atoms with Gasteiger partial charge in [0.25, 0.3) is 0 Å². The monoisotopic (exact) mass is 249 g/mol. The van der Waals surface area contributed by atoms with Crippen molar-refractivity contribution in [1.82, 2.24) is 5.32 Å². The molecular weight excluding hydrogens is 226 g/mol. The molecule has 0 fully saturated rings. The first-order valence-electron chi connectivity index (χ1n) is 6.45. The van der Waals surface area contributed by atoms with E-state index < -0.39 is 0 Å². The average molecular weight is 249 g/mol. The van der Waals surface area contributed by atoms with Crippen molar-refractivity contribution in [2.24, 2.45) is 5.41 Å².